The number of rotatable bonds is 6. The van der Waals surface area contributed by atoms with Gasteiger partial charge in [-0.15, -0.1) is 0 Å². The van der Waals surface area contributed by atoms with Crippen LogP contribution in [0.1, 0.15) is 21.7 Å². The summed E-state index contributed by atoms with van der Waals surface area (Å²) in [6, 6.07) is 10.8. The summed E-state index contributed by atoms with van der Waals surface area (Å²) in [4.78, 5) is 35.8. The Labute approximate surface area is 170 Å². The van der Waals surface area contributed by atoms with Crippen molar-refractivity contribution in [3.8, 4) is 0 Å². The van der Waals surface area contributed by atoms with E-state index in [0.29, 0.717) is 16.8 Å². The van der Waals surface area contributed by atoms with Crippen molar-refractivity contribution < 1.29 is 28.6 Å². The van der Waals surface area contributed by atoms with E-state index in [0.717, 1.165) is 0 Å². The molecule has 0 radical (unpaired) electrons. The average Bonchev–Trinajstić information content (AvgIpc) is 3.46. The van der Waals surface area contributed by atoms with Crippen LogP contribution in [0.3, 0.4) is 0 Å². The predicted octanol–water partition coefficient (Wildman–Crippen LogP) is 2.12. The number of aliphatic hydroxyl groups is 1. The van der Waals surface area contributed by atoms with Gasteiger partial charge in [0, 0.05) is 11.3 Å². The number of ether oxygens (including phenoxy) is 1. The highest BCUT2D eigenvalue weighted by atomic mass is 32.1. The first-order valence-corrected chi connectivity index (χ1v) is 9.45. The molecule has 2 amide bonds. The Morgan fingerprint density at radius 2 is 1.90 bits per heavy atom. The van der Waals surface area contributed by atoms with Gasteiger partial charge < -0.3 is 24.9 Å². The number of thiophene rings is 1. The molecule has 29 heavy (non-hydrogen) atoms. The molecule has 3 rings (SSSR count). The quantitative estimate of drug-likeness (QED) is 0.420. The van der Waals surface area contributed by atoms with Crippen LogP contribution in [0, 0.1) is 0 Å². The summed E-state index contributed by atoms with van der Waals surface area (Å²) in [5, 5.41) is 19.5. The highest BCUT2D eigenvalue weighted by Gasteiger charge is 2.36. The molecular weight excluding hydrogens is 396 g/mol. The van der Waals surface area contributed by atoms with Crippen LogP contribution in [0.2, 0.25) is 0 Å². The van der Waals surface area contributed by atoms with E-state index in [4.69, 9.17) is 4.42 Å². The topological polar surface area (TPSA) is 118 Å². The van der Waals surface area contributed by atoms with Crippen LogP contribution < -0.4 is 10.6 Å². The second-order valence-electron chi connectivity index (χ2n) is 6.06. The normalized spacial score (nSPS) is 12.6. The van der Waals surface area contributed by atoms with Gasteiger partial charge in [0.1, 0.15) is 5.76 Å². The summed E-state index contributed by atoms with van der Waals surface area (Å²) in [5.74, 6) is -2.11. The molecule has 2 heterocycles. The molecule has 1 aromatic carbocycles. The zero-order valence-electron chi connectivity index (χ0n) is 15.4. The smallest absolute Gasteiger partial charge is 0.337 e. The lowest BCUT2D eigenvalue weighted by molar-refractivity contribution is -0.136. The van der Waals surface area contributed by atoms with Crippen molar-refractivity contribution in [3.05, 3.63) is 76.4 Å². The van der Waals surface area contributed by atoms with Crippen LogP contribution in [0.4, 0.5) is 5.69 Å². The number of carbonyl (C=O) groups is 3. The minimum Gasteiger partial charge on any atom is -0.466 e. The van der Waals surface area contributed by atoms with E-state index in [1.54, 1.807) is 29.0 Å². The Hall–Kier alpha value is -3.43. The largest absolute Gasteiger partial charge is 0.466 e. The Balaban J connectivity index is 1.64. The van der Waals surface area contributed by atoms with Gasteiger partial charge in [0.2, 0.25) is 0 Å². The van der Waals surface area contributed by atoms with E-state index in [9.17, 15) is 19.5 Å². The molecule has 8 nitrogen and oxygen atoms in total. The fourth-order valence-corrected chi connectivity index (χ4v) is 3.35. The van der Waals surface area contributed by atoms with Crippen LogP contribution in [0.5, 0.6) is 0 Å². The lowest BCUT2D eigenvalue weighted by Crippen LogP contribution is -2.45. The molecule has 1 atom stereocenters. The third kappa shape index (κ3) is 4.53. The third-order valence-electron chi connectivity index (χ3n) is 4.20. The van der Waals surface area contributed by atoms with Gasteiger partial charge in [-0.05, 0) is 53.2 Å². The van der Waals surface area contributed by atoms with Gasteiger partial charge in [0.25, 0.3) is 0 Å². The van der Waals surface area contributed by atoms with Gasteiger partial charge >= 0.3 is 17.8 Å². The highest BCUT2D eigenvalue weighted by Crippen LogP contribution is 2.31. The first kappa shape index (κ1) is 20.3. The number of amides is 2. The zero-order chi connectivity index (χ0) is 20.9. The lowest BCUT2D eigenvalue weighted by atomic mass is 9.93. The minimum atomic E-state index is -1.61. The van der Waals surface area contributed by atoms with Gasteiger partial charge in [0.15, 0.2) is 5.60 Å². The van der Waals surface area contributed by atoms with Crippen LogP contribution in [0.15, 0.2) is 63.9 Å². The SMILES string of the molecule is COC(=O)c1ccc(NC(=O)C(=O)NCC(O)(c2ccsc2)c2ccco2)cc1. The molecule has 0 aliphatic heterocycles. The number of furan rings is 1. The standard InChI is InChI=1S/C20H18N2O6S/c1-27-19(25)13-4-6-15(7-5-13)22-18(24)17(23)21-12-20(26,14-8-10-29-11-14)16-3-2-9-28-16/h2-11,26H,12H2,1H3,(H,21,23)(H,22,24). The van der Waals surface area contributed by atoms with Crippen LogP contribution >= 0.6 is 11.3 Å². The first-order chi connectivity index (χ1) is 13.9. The van der Waals surface area contributed by atoms with Gasteiger partial charge in [-0.2, -0.15) is 11.3 Å². The van der Waals surface area contributed by atoms with Gasteiger partial charge in [-0.3, -0.25) is 9.59 Å². The Morgan fingerprint density at radius 1 is 1.14 bits per heavy atom. The van der Waals surface area contributed by atoms with Crippen molar-refractivity contribution in [3.63, 3.8) is 0 Å². The number of hydrogen-bond acceptors (Lipinski definition) is 7. The number of esters is 1. The molecular formula is C20H18N2O6S. The average molecular weight is 414 g/mol. The number of methoxy groups -OCH3 is 1. The summed E-state index contributed by atoms with van der Waals surface area (Å²) in [6.45, 7) is -0.259. The molecule has 9 heteroatoms. The number of nitrogens with one attached hydrogen (secondary N) is 2. The molecule has 1 unspecified atom stereocenters. The van der Waals surface area contributed by atoms with E-state index in [1.165, 1.54) is 49.0 Å². The summed E-state index contributed by atoms with van der Waals surface area (Å²) >= 11 is 1.38. The van der Waals surface area contributed by atoms with Gasteiger partial charge in [0.05, 0.1) is 25.5 Å². The summed E-state index contributed by atoms with van der Waals surface area (Å²) in [6.07, 6.45) is 1.42. The highest BCUT2D eigenvalue weighted by molar-refractivity contribution is 7.08. The molecule has 0 saturated carbocycles. The monoisotopic (exact) mass is 414 g/mol. The van der Waals surface area contributed by atoms with E-state index in [-0.39, 0.29) is 12.3 Å². The Bertz CT molecular complexity index is 946. The fraction of sp³-hybridized carbons (Fsp3) is 0.150. The molecule has 150 valence electrons. The van der Waals surface area contributed by atoms with E-state index in [1.807, 2.05) is 0 Å². The molecule has 2 aromatic heterocycles. The van der Waals surface area contributed by atoms with Crippen LogP contribution in [-0.4, -0.2) is 36.5 Å². The summed E-state index contributed by atoms with van der Waals surface area (Å²) < 4.78 is 9.92. The van der Waals surface area contributed by atoms with Crippen molar-refractivity contribution in [1.29, 1.82) is 0 Å². The lowest BCUT2D eigenvalue weighted by Gasteiger charge is -2.25. The summed E-state index contributed by atoms with van der Waals surface area (Å²) in [5.41, 5.74) is -0.426. The number of anilines is 1. The maximum atomic E-state index is 12.2. The molecule has 0 bridgehead atoms. The maximum absolute atomic E-state index is 12.2. The molecule has 0 spiro atoms. The van der Waals surface area contributed by atoms with Gasteiger partial charge in [-0.25, -0.2) is 4.79 Å². The second kappa shape index (κ2) is 8.72. The van der Waals surface area contributed by atoms with Crippen LogP contribution in [0.25, 0.3) is 0 Å². The number of hydrogen-bond donors (Lipinski definition) is 3. The summed E-state index contributed by atoms with van der Waals surface area (Å²) in [7, 11) is 1.27. The number of benzene rings is 1. The first-order valence-electron chi connectivity index (χ1n) is 8.50. The van der Waals surface area contributed by atoms with Crippen molar-refractivity contribution in [2.24, 2.45) is 0 Å². The maximum Gasteiger partial charge on any atom is 0.337 e. The van der Waals surface area contributed by atoms with Crippen molar-refractivity contribution in [2.75, 3.05) is 19.0 Å². The zero-order valence-corrected chi connectivity index (χ0v) is 16.2. The molecule has 0 fully saturated rings. The molecule has 3 aromatic rings. The number of carbonyl (C=O) groups excluding carboxylic acids is 3. The van der Waals surface area contributed by atoms with Crippen LogP contribution in [-0.2, 0) is 19.9 Å². The second-order valence-corrected chi connectivity index (χ2v) is 6.84. The van der Waals surface area contributed by atoms with Gasteiger partial charge in [-0.1, -0.05) is 0 Å². The van der Waals surface area contributed by atoms with Crippen molar-refractivity contribution in [2.45, 2.75) is 5.60 Å². The van der Waals surface area contributed by atoms with E-state index < -0.39 is 23.4 Å². The minimum absolute atomic E-state index is 0.245. The fourth-order valence-electron chi connectivity index (χ4n) is 2.63. The molecule has 0 aliphatic carbocycles. The molecule has 0 aliphatic rings. The van der Waals surface area contributed by atoms with Crippen molar-refractivity contribution in [1.82, 2.24) is 5.32 Å². The Morgan fingerprint density at radius 3 is 2.48 bits per heavy atom. The Kier molecular flexibility index (Phi) is 6.10. The van der Waals surface area contributed by atoms with E-state index in [2.05, 4.69) is 15.4 Å². The predicted molar refractivity (Wildman–Crippen MR) is 105 cm³/mol. The van der Waals surface area contributed by atoms with E-state index >= 15 is 0 Å². The molecule has 0 saturated heterocycles. The van der Waals surface area contributed by atoms with Crippen molar-refractivity contribution >= 4 is 34.8 Å². The molecule has 3 N–H and O–H groups in total. The third-order valence-corrected chi connectivity index (χ3v) is 4.89.